The van der Waals surface area contributed by atoms with Gasteiger partial charge in [0.15, 0.2) is 0 Å². The van der Waals surface area contributed by atoms with Gasteiger partial charge in [0.1, 0.15) is 11.5 Å². The summed E-state index contributed by atoms with van der Waals surface area (Å²) in [4.78, 5) is 1.95. The molecule has 25 heavy (non-hydrogen) atoms. The average Bonchev–Trinajstić information content (AvgIpc) is 2.48. The summed E-state index contributed by atoms with van der Waals surface area (Å²) in [6.45, 7) is 0. The van der Waals surface area contributed by atoms with Crippen molar-refractivity contribution in [2.24, 2.45) is 0 Å². The van der Waals surface area contributed by atoms with Crippen LogP contribution in [0.1, 0.15) is 0 Å². The maximum Gasteiger partial charge on any atom is 0.306 e. The molecule has 0 aliphatic heterocycles. The third-order valence-corrected chi connectivity index (χ3v) is 5.74. The number of hydrogen-bond acceptors (Lipinski definition) is 8. The summed E-state index contributed by atoms with van der Waals surface area (Å²) in [7, 11) is -7.03. The normalized spacial score (nSPS) is 11.9. The minimum absolute atomic E-state index is 0.279. The van der Waals surface area contributed by atoms with Crippen molar-refractivity contribution in [3.63, 3.8) is 0 Å². The van der Waals surface area contributed by atoms with Crippen LogP contribution in [0.15, 0.2) is 58.3 Å². The second kappa shape index (κ2) is 8.35. The van der Waals surface area contributed by atoms with E-state index >= 15 is 0 Å². The molecule has 0 aromatic heterocycles. The van der Waals surface area contributed by atoms with Gasteiger partial charge in [-0.05, 0) is 48.5 Å². The molecule has 136 valence electrons. The van der Waals surface area contributed by atoms with Crippen LogP contribution in [0, 0.1) is 0 Å². The third kappa shape index (κ3) is 8.04. The first-order valence-electron chi connectivity index (χ1n) is 6.85. The highest BCUT2D eigenvalue weighted by Crippen LogP contribution is 2.30. The molecule has 2 aromatic rings. The fourth-order valence-electron chi connectivity index (χ4n) is 1.70. The molecule has 0 amide bonds. The lowest BCUT2D eigenvalue weighted by Gasteiger charge is -2.06. The molecule has 2 aromatic carbocycles. The Morgan fingerprint density at radius 2 is 1.00 bits per heavy atom. The molecule has 0 spiro atoms. The largest absolute Gasteiger partial charge is 0.383 e. The predicted molar refractivity (Wildman–Crippen MR) is 100 cm³/mol. The van der Waals surface area contributed by atoms with E-state index < -0.39 is 20.2 Å². The van der Waals surface area contributed by atoms with E-state index in [4.69, 9.17) is 8.37 Å². The van der Waals surface area contributed by atoms with E-state index in [1.54, 1.807) is 72.1 Å². The standard InChI is InChI=1S/C15H16O6S4/c1-24(16,17)20-12-3-7-14(8-4-12)22-11-23-15-9-5-13(6-10-15)21-25(2,18)19/h3-10H,11H2,1-2H3. The maximum atomic E-state index is 11.0. The summed E-state index contributed by atoms with van der Waals surface area (Å²) in [5.41, 5.74) is 0. The van der Waals surface area contributed by atoms with Crippen LogP contribution in [0.5, 0.6) is 11.5 Å². The molecule has 6 nitrogen and oxygen atoms in total. The van der Waals surface area contributed by atoms with Gasteiger partial charge in [-0.15, -0.1) is 23.5 Å². The Morgan fingerprint density at radius 1 is 0.680 bits per heavy atom. The second-order valence-electron chi connectivity index (χ2n) is 4.92. The molecule has 0 atom stereocenters. The minimum Gasteiger partial charge on any atom is -0.383 e. The lowest BCUT2D eigenvalue weighted by atomic mass is 10.3. The molecular weight excluding hydrogens is 404 g/mol. The Balaban J connectivity index is 1.84. The van der Waals surface area contributed by atoms with E-state index in [1.807, 2.05) is 0 Å². The molecule has 0 unspecified atom stereocenters. The fraction of sp³-hybridized carbons (Fsp3) is 0.200. The Labute approximate surface area is 156 Å². The van der Waals surface area contributed by atoms with Gasteiger partial charge < -0.3 is 8.37 Å². The molecule has 10 heteroatoms. The van der Waals surface area contributed by atoms with Crippen molar-refractivity contribution in [1.82, 2.24) is 0 Å². The first kappa shape index (κ1) is 20.0. The molecule has 0 N–H and O–H groups in total. The number of rotatable bonds is 8. The third-order valence-electron chi connectivity index (χ3n) is 2.59. The Kier molecular flexibility index (Phi) is 6.66. The van der Waals surface area contributed by atoms with Crippen molar-refractivity contribution in [3.8, 4) is 11.5 Å². The van der Waals surface area contributed by atoms with E-state index in [-0.39, 0.29) is 11.5 Å². The van der Waals surface area contributed by atoms with Crippen molar-refractivity contribution in [2.75, 3.05) is 17.6 Å². The number of hydrogen-bond donors (Lipinski definition) is 0. The van der Waals surface area contributed by atoms with E-state index in [1.165, 1.54) is 0 Å². The fourth-order valence-corrected chi connectivity index (χ4v) is 4.60. The van der Waals surface area contributed by atoms with Gasteiger partial charge in [-0.25, -0.2) is 0 Å². The maximum absolute atomic E-state index is 11.0. The van der Waals surface area contributed by atoms with E-state index in [2.05, 4.69) is 0 Å². The monoisotopic (exact) mass is 420 g/mol. The molecular formula is C15H16O6S4. The van der Waals surface area contributed by atoms with Crippen molar-refractivity contribution >= 4 is 43.8 Å². The molecule has 0 radical (unpaired) electrons. The summed E-state index contributed by atoms with van der Waals surface area (Å²) < 4.78 is 53.7. The lowest BCUT2D eigenvalue weighted by molar-refractivity contribution is 0.491. The molecule has 0 fully saturated rings. The molecule has 0 aliphatic carbocycles. The summed E-state index contributed by atoms with van der Waals surface area (Å²) in [5.74, 6) is 0.557. The Bertz CT molecular complexity index is 826. The average molecular weight is 421 g/mol. The van der Waals surface area contributed by atoms with Crippen LogP contribution in [-0.4, -0.2) is 34.4 Å². The topological polar surface area (TPSA) is 86.7 Å². The van der Waals surface area contributed by atoms with Crippen molar-refractivity contribution < 1.29 is 25.2 Å². The molecule has 0 heterocycles. The first-order chi connectivity index (χ1) is 11.6. The van der Waals surface area contributed by atoms with Crippen molar-refractivity contribution in [2.45, 2.75) is 9.79 Å². The van der Waals surface area contributed by atoms with E-state index in [0.29, 0.717) is 0 Å². The zero-order chi connectivity index (χ0) is 18.5. The van der Waals surface area contributed by atoms with E-state index in [0.717, 1.165) is 27.4 Å². The Hall–Kier alpha value is -1.36. The molecule has 0 saturated carbocycles. The zero-order valence-electron chi connectivity index (χ0n) is 13.4. The van der Waals surface area contributed by atoms with Gasteiger partial charge in [0, 0.05) is 14.9 Å². The van der Waals surface area contributed by atoms with Crippen molar-refractivity contribution in [1.29, 1.82) is 0 Å². The molecule has 2 rings (SSSR count). The first-order valence-corrected chi connectivity index (χ1v) is 12.5. The minimum atomic E-state index is -3.52. The quantitative estimate of drug-likeness (QED) is 0.366. The van der Waals surface area contributed by atoms with Gasteiger partial charge in [-0.2, -0.15) is 16.8 Å². The van der Waals surface area contributed by atoms with Crippen molar-refractivity contribution in [3.05, 3.63) is 48.5 Å². The Morgan fingerprint density at radius 3 is 1.28 bits per heavy atom. The van der Waals surface area contributed by atoms with E-state index in [9.17, 15) is 16.8 Å². The van der Waals surface area contributed by atoms with Gasteiger partial charge in [-0.3, -0.25) is 0 Å². The summed E-state index contributed by atoms with van der Waals surface area (Å²) in [5, 5.41) is 0.735. The van der Waals surface area contributed by atoms with Gasteiger partial charge >= 0.3 is 20.2 Å². The SMILES string of the molecule is CS(=O)(=O)Oc1ccc(SCSc2ccc(OS(C)(=O)=O)cc2)cc1. The highest BCUT2D eigenvalue weighted by molar-refractivity contribution is 8.16. The second-order valence-corrected chi connectivity index (χ2v) is 10.5. The molecule has 0 saturated heterocycles. The lowest BCUT2D eigenvalue weighted by Crippen LogP contribution is -2.05. The number of thioether (sulfide) groups is 2. The van der Waals surface area contributed by atoms with Gasteiger partial charge in [0.2, 0.25) is 0 Å². The van der Waals surface area contributed by atoms with Crippen LogP contribution in [0.2, 0.25) is 0 Å². The van der Waals surface area contributed by atoms with Crippen LogP contribution in [0.4, 0.5) is 0 Å². The molecule has 0 bridgehead atoms. The van der Waals surface area contributed by atoms with Crippen LogP contribution in [-0.2, 0) is 20.2 Å². The predicted octanol–water partition coefficient (Wildman–Crippen LogP) is 3.21. The smallest absolute Gasteiger partial charge is 0.306 e. The highest BCUT2D eigenvalue weighted by atomic mass is 32.2. The zero-order valence-corrected chi connectivity index (χ0v) is 16.7. The van der Waals surface area contributed by atoms with Gasteiger partial charge in [-0.1, -0.05) is 0 Å². The van der Waals surface area contributed by atoms with Crippen LogP contribution >= 0.6 is 23.5 Å². The molecule has 0 aliphatic rings. The van der Waals surface area contributed by atoms with Gasteiger partial charge in [0.25, 0.3) is 0 Å². The van der Waals surface area contributed by atoms with Crippen LogP contribution < -0.4 is 8.37 Å². The summed E-state index contributed by atoms with van der Waals surface area (Å²) in [6, 6.07) is 13.6. The van der Waals surface area contributed by atoms with Crippen LogP contribution in [0.3, 0.4) is 0 Å². The highest BCUT2D eigenvalue weighted by Gasteiger charge is 2.06. The summed E-state index contributed by atoms with van der Waals surface area (Å²) >= 11 is 3.17. The van der Waals surface area contributed by atoms with Gasteiger partial charge in [0.05, 0.1) is 12.5 Å². The number of benzene rings is 2. The summed E-state index contributed by atoms with van der Waals surface area (Å²) in [6.07, 6.45) is 2.00. The van der Waals surface area contributed by atoms with Crippen LogP contribution in [0.25, 0.3) is 0 Å².